The van der Waals surface area contributed by atoms with Gasteiger partial charge in [0.05, 0.1) is 17.9 Å². The van der Waals surface area contributed by atoms with Gasteiger partial charge in [-0.25, -0.2) is 13.2 Å². The van der Waals surface area contributed by atoms with Gasteiger partial charge in [0, 0.05) is 16.4 Å². The number of benzene rings is 1. The summed E-state index contributed by atoms with van der Waals surface area (Å²) in [6, 6.07) is 4.74. The molecule has 18 heavy (non-hydrogen) atoms. The van der Waals surface area contributed by atoms with Crippen LogP contribution < -0.4 is 5.73 Å². The molecule has 0 radical (unpaired) electrons. The van der Waals surface area contributed by atoms with Crippen molar-refractivity contribution in [3.8, 4) is 0 Å². The minimum absolute atomic E-state index is 0.00273. The first-order chi connectivity index (χ1) is 8.29. The van der Waals surface area contributed by atoms with Crippen molar-refractivity contribution in [3.05, 3.63) is 28.2 Å². The van der Waals surface area contributed by atoms with Crippen molar-refractivity contribution in [2.45, 2.75) is 6.42 Å². The average Bonchev–Trinajstić information content (AvgIpc) is 2.26. The molecular formula is C11H14BrNO4S. The van der Waals surface area contributed by atoms with Crippen LogP contribution in [-0.4, -0.2) is 33.0 Å². The molecule has 0 saturated heterocycles. The van der Waals surface area contributed by atoms with Crippen LogP contribution in [0.2, 0.25) is 0 Å². The normalized spacial score (nSPS) is 11.2. The second kappa shape index (κ2) is 6.19. The van der Waals surface area contributed by atoms with Crippen molar-refractivity contribution in [3.63, 3.8) is 0 Å². The van der Waals surface area contributed by atoms with Crippen LogP contribution in [-0.2, 0) is 14.6 Å². The lowest BCUT2D eigenvalue weighted by Gasteiger charge is -2.05. The van der Waals surface area contributed by atoms with Crippen molar-refractivity contribution >= 4 is 37.4 Å². The SMILES string of the molecule is CS(=O)(=O)CCCOC(=O)c1ccc(Br)c(N)c1. The molecule has 7 heteroatoms. The van der Waals surface area contributed by atoms with E-state index in [4.69, 9.17) is 10.5 Å². The van der Waals surface area contributed by atoms with Crippen LogP contribution in [0.3, 0.4) is 0 Å². The number of nitrogen functional groups attached to an aromatic ring is 1. The summed E-state index contributed by atoms with van der Waals surface area (Å²) in [5.74, 6) is -0.509. The van der Waals surface area contributed by atoms with Crippen molar-refractivity contribution in [2.75, 3.05) is 24.3 Å². The zero-order valence-corrected chi connectivity index (χ0v) is 12.3. The van der Waals surface area contributed by atoms with E-state index < -0.39 is 15.8 Å². The number of ether oxygens (including phenoxy) is 1. The molecule has 0 aliphatic heterocycles. The van der Waals surface area contributed by atoms with Crippen molar-refractivity contribution in [2.24, 2.45) is 0 Å². The van der Waals surface area contributed by atoms with Gasteiger partial charge in [0.1, 0.15) is 9.84 Å². The maximum atomic E-state index is 11.6. The fourth-order valence-corrected chi connectivity index (χ4v) is 2.13. The van der Waals surface area contributed by atoms with E-state index in [-0.39, 0.29) is 18.8 Å². The summed E-state index contributed by atoms with van der Waals surface area (Å²) in [6.45, 7) is 0.0713. The number of nitrogens with two attached hydrogens (primary N) is 1. The van der Waals surface area contributed by atoms with E-state index in [0.29, 0.717) is 15.7 Å². The number of halogens is 1. The monoisotopic (exact) mass is 335 g/mol. The van der Waals surface area contributed by atoms with E-state index in [9.17, 15) is 13.2 Å². The van der Waals surface area contributed by atoms with Crippen molar-refractivity contribution in [1.82, 2.24) is 0 Å². The maximum absolute atomic E-state index is 11.6. The summed E-state index contributed by atoms with van der Waals surface area (Å²) in [5.41, 5.74) is 6.42. The van der Waals surface area contributed by atoms with Gasteiger partial charge in [0.15, 0.2) is 0 Å². The molecule has 0 aliphatic carbocycles. The minimum Gasteiger partial charge on any atom is -0.462 e. The lowest BCUT2D eigenvalue weighted by Crippen LogP contribution is -2.11. The molecule has 0 aliphatic rings. The Morgan fingerprint density at radius 1 is 1.44 bits per heavy atom. The number of rotatable bonds is 5. The predicted octanol–water partition coefficient (Wildman–Crippen LogP) is 1.62. The lowest BCUT2D eigenvalue weighted by molar-refractivity contribution is 0.0506. The molecule has 0 atom stereocenters. The summed E-state index contributed by atoms with van der Waals surface area (Å²) in [4.78, 5) is 11.6. The number of sulfone groups is 1. The fraction of sp³-hybridized carbons (Fsp3) is 0.364. The smallest absolute Gasteiger partial charge is 0.338 e. The van der Waals surface area contributed by atoms with Gasteiger partial charge < -0.3 is 10.5 Å². The van der Waals surface area contributed by atoms with E-state index in [2.05, 4.69) is 15.9 Å². The summed E-state index contributed by atoms with van der Waals surface area (Å²) >= 11 is 3.22. The van der Waals surface area contributed by atoms with Gasteiger partial charge in [0.25, 0.3) is 0 Å². The molecule has 0 bridgehead atoms. The average molecular weight is 336 g/mol. The zero-order valence-electron chi connectivity index (χ0n) is 9.85. The number of anilines is 1. The molecule has 5 nitrogen and oxygen atoms in total. The lowest BCUT2D eigenvalue weighted by atomic mass is 10.2. The first kappa shape index (κ1) is 15.0. The number of hydrogen-bond donors (Lipinski definition) is 1. The minimum atomic E-state index is -3.02. The van der Waals surface area contributed by atoms with Gasteiger partial charge in [-0.2, -0.15) is 0 Å². The Balaban J connectivity index is 2.48. The number of esters is 1. The fourth-order valence-electron chi connectivity index (χ4n) is 1.24. The van der Waals surface area contributed by atoms with Gasteiger partial charge in [0.2, 0.25) is 0 Å². The van der Waals surface area contributed by atoms with Crippen molar-refractivity contribution < 1.29 is 17.9 Å². The summed E-state index contributed by atoms with van der Waals surface area (Å²) in [7, 11) is -3.02. The highest BCUT2D eigenvalue weighted by molar-refractivity contribution is 9.10. The van der Waals surface area contributed by atoms with E-state index in [1.165, 1.54) is 6.07 Å². The Hall–Kier alpha value is -1.08. The Labute approximate surface area is 114 Å². The topological polar surface area (TPSA) is 86.5 Å². The largest absolute Gasteiger partial charge is 0.462 e. The maximum Gasteiger partial charge on any atom is 0.338 e. The molecular weight excluding hydrogens is 322 g/mol. The molecule has 2 N–H and O–H groups in total. The molecule has 0 heterocycles. The van der Waals surface area contributed by atoms with Crippen molar-refractivity contribution in [1.29, 1.82) is 0 Å². The van der Waals surface area contributed by atoms with Crippen LogP contribution in [0.4, 0.5) is 5.69 Å². The molecule has 0 amide bonds. The van der Waals surface area contributed by atoms with Gasteiger partial charge in [-0.15, -0.1) is 0 Å². The predicted molar refractivity (Wildman–Crippen MR) is 73.2 cm³/mol. The summed E-state index contributed by atoms with van der Waals surface area (Å²) < 4.78 is 27.4. The quantitative estimate of drug-likeness (QED) is 0.502. The molecule has 0 aromatic heterocycles. The highest BCUT2D eigenvalue weighted by Gasteiger charge is 2.09. The Morgan fingerprint density at radius 3 is 2.67 bits per heavy atom. The number of carbonyl (C=O) groups excluding carboxylic acids is 1. The highest BCUT2D eigenvalue weighted by atomic mass is 79.9. The van der Waals surface area contributed by atoms with Crippen LogP contribution in [0.1, 0.15) is 16.8 Å². The second-order valence-electron chi connectivity index (χ2n) is 3.86. The Bertz CT molecular complexity index is 542. The summed E-state index contributed by atoms with van der Waals surface area (Å²) in [6.07, 6.45) is 1.43. The molecule has 0 unspecified atom stereocenters. The molecule has 0 spiro atoms. The highest BCUT2D eigenvalue weighted by Crippen LogP contribution is 2.20. The number of hydrogen-bond acceptors (Lipinski definition) is 5. The molecule has 0 saturated carbocycles. The molecule has 1 rings (SSSR count). The first-order valence-electron chi connectivity index (χ1n) is 5.19. The van der Waals surface area contributed by atoms with Crippen LogP contribution in [0, 0.1) is 0 Å². The van der Waals surface area contributed by atoms with Crippen LogP contribution in [0.5, 0.6) is 0 Å². The standard InChI is InChI=1S/C11H14BrNO4S/c1-18(15,16)6-2-5-17-11(14)8-3-4-9(12)10(13)7-8/h3-4,7H,2,5-6,13H2,1H3. The Kier molecular flexibility index (Phi) is 5.15. The van der Waals surface area contributed by atoms with Gasteiger partial charge in [-0.05, 0) is 40.5 Å². The number of carbonyl (C=O) groups is 1. The second-order valence-corrected chi connectivity index (χ2v) is 6.97. The molecule has 1 aromatic rings. The third kappa shape index (κ3) is 5.05. The van der Waals surface area contributed by atoms with E-state index in [1.54, 1.807) is 12.1 Å². The van der Waals surface area contributed by atoms with Gasteiger partial charge in [-0.1, -0.05) is 0 Å². The third-order valence-electron chi connectivity index (χ3n) is 2.12. The molecule has 1 aromatic carbocycles. The van der Waals surface area contributed by atoms with E-state index >= 15 is 0 Å². The molecule has 100 valence electrons. The third-order valence-corrected chi connectivity index (χ3v) is 3.88. The van der Waals surface area contributed by atoms with E-state index in [1.807, 2.05) is 0 Å². The van der Waals surface area contributed by atoms with Crippen LogP contribution in [0.15, 0.2) is 22.7 Å². The molecule has 0 fully saturated rings. The van der Waals surface area contributed by atoms with Crippen LogP contribution >= 0.6 is 15.9 Å². The Morgan fingerprint density at radius 2 is 2.11 bits per heavy atom. The first-order valence-corrected chi connectivity index (χ1v) is 8.05. The van der Waals surface area contributed by atoms with Gasteiger partial charge in [-0.3, -0.25) is 0 Å². The van der Waals surface area contributed by atoms with Gasteiger partial charge >= 0.3 is 5.97 Å². The van der Waals surface area contributed by atoms with E-state index in [0.717, 1.165) is 6.26 Å². The summed E-state index contributed by atoms with van der Waals surface area (Å²) in [5, 5.41) is 0. The van der Waals surface area contributed by atoms with Crippen LogP contribution in [0.25, 0.3) is 0 Å². The zero-order chi connectivity index (χ0) is 13.8.